The number of fused-ring (bicyclic) bond motifs is 1. The van der Waals surface area contributed by atoms with E-state index in [9.17, 15) is 4.79 Å². The highest BCUT2D eigenvalue weighted by Crippen LogP contribution is 2.38. The molecule has 0 atom stereocenters. The topological polar surface area (TPSA) is 59.4 Å². The lowest BCUT2D eigenvalue weighted by molar-refractivity contribution is -0.136. The molecule has 0 saturated carbocycles. The number of rotatable bonds is 5. The van der Waals surface area contributed by atoms with E-state index in [1.807, 2.05) is 38.1 Å². The van der Waals surface area contributed by atoms with Crippen molar-refractivity contribution in [1.29, 1.82) is 0 Å². The second-order valence-electron chi connectivity index (χ2n) is 6.14. The number of hydrogen-bond donors (Lipinski definition) is 1. The number of hydrogen-bond acceptors (Lipinski definition) is 3. The third-order valence-electron chi connectivity index (χ3n) is 4.02. The van der Waals surface area contributed by atoms with Crippen LogP contribution in [0.1, 0.15) is 23.2 Å². The van der Waals surface area contributed by atoms with E-state index in [-0.39, 0.29) is 6.42 Å². The number of aryl methyl sites for hydroxylation is 3. The van der Waals surface area contributed by atoms with E-state index in [2.05, 4.69) is 4.98 Å². The Morgan fingerprint density at radius 3 is 2.46 bits per heavy atom. The van der Waals surface area contributed by atoms with Gasteiger partial charge in [0, 0.05) is 17.5 Å². The van der Waals surface area contributed by atoms with Gasteiger partial charge in [0.15, 0.2) is 5.75 Å². The first kappa shape index (κ1) is 18.5. The minimum atomic E-state index is -0.868. The lowest BCUT2D eigenvalue weighted by Gasteiger charge is -2.12. The summed E-state index contributed by atoms with van der Waals surface area (Å²) < 4.78 is 5.91. The van der Waals surface area contributed by atoms with Crippen molar-refractivity contribution < 1.29 is 14.6 Å². The molecule has 0 aliphatic rings. The van der Waals surface area contributed by atoms with Crippen molar-refractivity contribution in [2.75, 3.05) is 0 Å². The molecule has 6 heteroatoms. The minimum absolute atomic E-state index is 0.0171. The molecular weight excluding hydrogens is 373 g/mol. The van der Waals surface area contributed by atoms with Crippen LogP contribution in [-0.4, -0.2) is 16.1 Å². The number of nitrogens with zero attached hydrogens (tertiary/aromatic N) is 1. The van der Waals surface area contributed by atoms with Gasteiger partial charge in [0.05, 0.1) is 15.6 Å². The Morgan fingerprint density at radius 1 is 1.12 bits per heavy atom. The van der Waals surface area contributed by atoms with Crippen LogP contribution in [0.4, 0.5) is 0 Å². The molecule has 1 heterocycles. The lowest BCUT2D eigenvalue weighted by Crippen LogP contribution is -1.98. The van der Waals surface area contributed by atoms with Crippen LogP contribution in [0.25, 0.3) is 10.9 Å². The number of ether oxygens (including phenoxy) is 1. The molecule has 0 aliphatic carbocycles. The van der Waals surface area contributed by atoms with Crippen LogP contribution in [0, 0.1) is 13.8 Å². The molecular formula is C20H17Cl2NO3. The molecule has 3 rings (SSSR count). The van der Waals surface area contributed by atoms with Crippen LogP contribution in [0.15, 0.2) is 36.4 Å². The Balaban J connectivity index is 1.91. The third kappa shape index (κ3) is 4.09. The Kier molecular flexibility index (Phi) is 5.35. The van der Waals surface area contributed by atoms with Gasteiger partial charge in [-0.3, -0.25) is 9.78 Å². The Labute approximate surface area is 161 Å². The van der Waals surface area contributed by atoms with Crippen LogP contribution in [0.3, 0.4) is 0 Å². The van der Waals surface area contributed by atoms with Gasteiger partial charge in [-0.1, -0.05) is 23.2 Å². The molecule has 4 nitrogen and oxygen atoms in total. The van der Waals surface area contributed by atoms with Gasteiger partial charge in [-0.05, 0) is 67.8 Å². The highest BCUT2D eigenvalue weighted by Gasteiger charge is 2.13. The standard InChI is InChI=1S/C20H17Cl2NO3/c1-11-7-12(2)23-18-5-4-14(10-15(11)18)26-20-16(21)8-13(9-17(20)22)3-6-19(24)25/h4-5,7-10H,3,6H2,1-2H3,(H,24,25). The Morgan fingerprint density at radius 2 is 1.81 bits per heavy atom. The molecule has 0 bridgehead atoms. The van der Waals surface area contributed by atoms with Crippen LogP contribution in [0.2, 0.25) is 10.0 Å². The summed E-state index contributed by atoms with van der Waals surface area (Å²) in [4.78, 5) is 15.2. The molecule has 0 radical (unpaired) electrons. The van der Waals surface area contributed by atoms with Gasteiger partial charge in [0.1, 0.15) is 5.75 Å². The number of aromatic nitrogens is 1. The van der Waals surface area contributed by atoms with E-state index >= 15 is 0 Å². The molecule has 26 heavy (non-hydrogen) atoms. The maximum atomic E-state index is 10.7. The Bertz CT molecular complexity index is 979. The zero-order valence-corrected chi connectivity index (χ0v) is 15.9. The first-order valence-electron chi connectivity index (χ1n) is 8.09. The fourth-order valence-electron chi connectivity index (χ4n) is 2.83. The van der Waals surface area contributed by atoms with E-state index in [0.717, 1.165) is 27.7 Å². The van der Waals surface area contributed by atoms with Crippen molar-refractivity contribution in [3.63, 3.8) is 0 Å². The van der Waals surface area contributed by atoms with Crippen LogP contribution >= 0.6 is 23.2 Å². The summed E-state index contributed by atoms with van der Waals surface area (Å²) in [6.07, 6.45) is 0.373. The monoisotopic (exact) mass is 389 g/mol. The predicted octanol–water partition coefficient (Wildman–Crippen LogP) is 5.97. The molecule has 0 unspecified atom stereocenters. The number of carbonyl (C=O) groups is 1. The maximum Gasteiger partial charge on any atom is 0.303 e. The number of carboxylic acid groups (broad SMARTS) is 1. The van der Waals surface area contributed by atoms with Crippen LogP contribution in [0.5, 0.6) is 11.5 Å². The van der Waals surface area contributed by atoms with Crippen LogP contribution in [-0.2, 0) is 11.2 Å². The summed E-state index contributed by atoms with van der Waals surface area (Å²) in [5, 5.41) is 10.5. The second-order valence-corrected chi connectivity index (χ2v) is 6.96. The SMILES string of the molecule is Cc1cc(C)c2cc(Oc3c(Cl)cc(CCC(=O)O)cc3Cl)ccc2n1. The first-order valence-corrected chi connectivity index (χ1v) is 8.84. The van der Waals surface area contributed by atoms with Gasteiger partial charge in [-0.15, -0.1) is 0 Å². The van der Waals surface area contributed by atoms with E-state index in [1.54, 1.807) is 12.1 Å². The average molecular weight is 390 g/mol. The number of carboxylic acids is 1. The van der Waals surface area contributed by atoms with Gasteiger partial charge < -0.3 is 9.84 Å². The predicted molar refractivity (Wildman–Crippen MR) is 104 cm³/mol. The summed E-state index contributed by atoms with van der Waals surface area (Å²) in [5.74, 6) is 0.0887. The van der Waals surface area contributed by atoms with E-state index < -0.39 is 5.97 Å². The lowest BCUT2D eigenvalue weighted by atomic mass is 10.1. The van der Waals surface area contributed by atoms with Crippen molar-refractivity contribution in [3.05, 3.63) is 63.3 Å². The fraction of sp³-hybridized carbons (Fsp3) is 0.200. The minimum Gasteiger partial charge on any atom is -0.481 e. The molecule has 0 saturated heterocycles. The molecule has 2 aromatic carbocycles. The third-order valence-corrected chi connectivity index (χ3v) is 4.58. The van der Waals surface area contributed by atoms with Gasteiger partial charge >= 0.3 is 5.97 Å². The average Bonchev–Trinajstić information content (AvgIpc) is 2.56. The smallest absolute Gasteiger partial charge is 0.303 e. The summed E-state index contributed by atoms with van der Waals surface area (Å²) in [5.41, 5.74) is 3.73. The van der Waals surface area contributed by atoms with Crippen molar-refractivity contribution in [2.45, 2.75) is 26.7 Å². The van der Waals surface area contributed by atoms with E-state index in [0.29, 0.717) is 28.0 Å². The van der Waals surface area contributed by atoms with E-state index in [1.165, 1.54) is 0 Å². The molecule has 0 fully saturated rings. The van der Waals surface area contributed by atoms with Gasteiger partial charge in [-0.25, -0.2) is 0 Å². The molecule has 1 aromatic heterocycles. The molecule has 0 spiro atoms. The Hall–Kier alpha value is -2.30. The van der Waals surface area contributed by atoms with Gasteiger partial charge in [-0.2, -0.15) is 0 Å². The quantitative estimate of drug-likeness (QED) is 0.583. The number of pyridine rings is 1. The zero-order chi connectivity index (χ0) is 18.8. The molecule has 134 valence electrons. The molecule has 1 N–H and O–H groups in total. The number of aliphatic carboxylic acids is 1. The van der Waals surface area contributed by atoms with Crippen molar-refractivity contribution in [1.82, 2.24) is 4.98 Å². The number of benzene rings is 2. The molecule has 0 amide bonds. The maximum absolute atomic E-state index is 10.7. The van der Waals surface area contributed by atoms with E-state index in [4.69, 9.17) is 33.0 Å². The molecule has 0 aliphatic heterocycles. The largest absolute Gasteiger partial charge is 0.481 e. The highest BCUT2D eigenvalue weighted by molar-refractivity contribution is 6.37. The fourth-order valence-corrected chi connectivity index (χ4v) is 3.44. The normalized spacial score (nSPS) is 10.9. The number of halogens is 2. The van der Waals surface area contributed by atoms with Crippen molar-refractivity contribution >= 4 is 40.1 Å². The zero-order valence-electron chi connectivity index (χ0n) is 14.3. The van der Waals surface area contributed by atoms with Gasteiger partial charge in [0.2, 0.25) is 0 Å². The summed E-state index contributed by atoms with van der Waals surface area (Å²) in [6, 6.07) is 11.0. The van der Waals surface area contributed by atoms with Crippen LogP contribution < -0.4 is 4.74 Å². The second kappa shape index (κ2) is 7.52. The van der Waals surface area contributed by atoms with Crippen molar-refractivity contribution in [3.8, 4) is 11.5 Å². The first-order chi connectivity index (χ1) is 12.3. The van der Waals surface area contributed by atoms with Gasteiger partial charge in [0.25, 0.3) is 0 Å². The van der Waals surface area contributed by atoms with Crippen molar-refractivity contribution in [2.24, 2.45) is 0 Å². The molecule has 3 aromatic rings. The highest BCUT2D eigenvalue weighted by atomic mass is 35.5. The summed E-state index contributed by atoms with van der Waals surface area (Å²) in [7, 11) is 0. The summed E-state index contributed by atoms with van der Waals surface area (Å²) >= 11 is 12.6. The summed E-state index contributed by atoms with van der Waals surface area (Å²) in [6.45, 7) is 3.99.